The molecule has 0 radical (unpaired) electrons. The summed E-state index contributed by atoms with van der Waals surface area (Å²) in [5, 5.41) is 1.99. The van der Waals surface area contributed by atoms with Gasteiger partial charge >= 0.3 is 0 Å². The van der Waals surface area contributed by atoms with Crippen LogP contribution in [0.25, 0.3) is 22.0 Å². The molecule has 0 spiro atoms. The molecule has 0 amide bonds. The molecular weight excluding hydrogens is 300 g/mol. The number of nitrogens with zero attached hydrogens (tertiary/aromatic N) is 4. The highest BCUT2D eigenvalue weighted by Gasteiger charge is 2.31. The van der Waals surface area contributed by atoms with Gasteiger partial charge in [-0.1, -0.05) is 11.6 Å². The van der Waals surface area contributed by atoms with Crippen LogP contribution in [0.1, 0.15) is 16.2 Å². The molecule has 0 N–H and O–H groups in total. The number of rotatable bonds is 1. The molecule has 0 bridgehead atoms. The van der Waals surface area contributed by atoms with Crippen LogP contribution < -0.4 is 4.90 Å². The third-order valence-corrected chi connectivity index (χ3v) is 3.99. The molecule has 1 aliphatic carbocycles. The Morgan fingerprint density at radius 2 is 1.73 bits per heavy atom. The van der Waals surface area contributed by atoms with Crippen molar-refractivity contribution in [3.63, 3.8) is 0 Å². The molecule has 1 aliphatic rings. The predicted molar refractivity (Wildman–Crippen MR) is 85.5 cm³/mol. The molecule has 0 aliphatic heterocycles. The largest absolute Gasteiger partial charge is 0.377 e. The fraction of sp³-hybridized carbons (Fsp3) is 0.125. The molecular formula is C16H11ClN4O. The minimum atomic E-state index is -0.216. The minimum Gasteiger partial charge on any atom is -0.377 e. The van der Waals surface area contributed by atoms with Gasteiger partial charge < -0.3 is 4.90 Å². The van der Waals surface area contributed by atoms with Crippen molar-refractivity contribution in [2.45, 2.75) is 0 Å². The molecule has 0 atom stereocenters. The van der Waals surface area contributed by atoms with Crippen molar-refractivity contribution in [3.05, 3.63) is 47.1 Å². The zero-order valence-electron chi connectivity index (χ0n) is 12.0. The van der Waals surface area contributed by atoms with Crippen molar-refractivity contribution < 1.29 is 4.79 Å². The zero-order chi connectivity index (χ0) is 15.4. The van der Waals surface area contributed by atoms with Crippen LogP contribution in [0.3, 0.4) is 0 Å². The summed E-state index contributed by atoms with van der Waals surface area (Å²) >= 11 is 6.09. The van der Waals surface area contributed by atoms with Crippen LogP contribution in [0.2, 0.25) is 5.15 Å². The standard InChI is InChI=1S/C16H11ClN4O/c1-21(2)9-7-10(17)20-15-12(9)13-11-8(3-5-18-13)4-6-19-14(11)16(15)22/h3-7H,1-2H3. The number of anilines is 1. The van der Waals surface area contributed by atoms with Crippen molar-refractivity contribution in [3.8, 4) is 11.3 Å². The number of carbonyl (C=O) groups excluding carboxylic acids is 1. The van der Waals surface area contributed by atoms with E-state index in [1.165, 1.54) is 0 Å². The lowest BCUT2D eigenvalue weighted by Crippen LogP contribution is -2.19. The summed E-state index contributed by atoms with van der Waals surface area (Å²) in [5.41, 5.74) is 2.95. The van der Waals surface area contributed by atoms with Gasteiger partial charge in [-0.2, -0.15) is 0 Å². The Bertz CT molecular complexity index is 947. The number of hydrogen-bond acceptors (Lipinski definition) is 5. The molecule has 0 saturated heterocycles. The van der Waals surface area contributed by atoms with E-state index in [4.69, 9.17) is 11.6 Å². The molecule has 3 heterocycles. The lowest BCUT2D eigenvalue weighted by Gasteiger charge is -2.23. The summed E-state index contributed by atoms with van der Waals surface area (Å²) in [5.74, 6) is -0.216. The predicted octanol–water partition coefficient (Wildman–Crippen LogP) is 2.96. The van der Waals surface area contributed by atoms with E-state index in [1.54, 1.807) is 18.5 Å². The zero-order valence-corrected chi connectivity index (χ0v) is 12.7. The van der Waals surface area contributed by atoms with E-state index in [0.717, 1.165) is 22.2 Å². The summed E-state index contributed by atoms with van der Waals surface area (Å²) in [6.45, 7) is 0. The second-order valence-electron chi connectivity index (χ2n) is 5.33. The van der Waals surface area contributed by atoms with E-state index in [0.29, 0.717) is 17.0 Å². The van der Waals surface area contributed by atoms with Crippen molar-refractivity contribution in [1.29, 1.82) is 0 Å². The summed E-state index contributed by atoms with van der Waals surface area (Å²) in [6.07, 6.45) is 3.36. The number of ketones is 1. The van der Waals surface area contributed by atoms with Crippen molar-refractivity contribution in [2.75, 3.05) is 19.0 Å². The molecule has 22 heavy (non-hydrogen) atoms. The second kappa shape index (κ2) is 4.48. The van der Waals surface area contributed by atoms with Gasteiger partial charge in [0.25, 0.3) is 0 Å². The lowest BCUT2D eigenvalue weighted by molar-refractivity contribution is 0.103. The molecule has 108 valence electrons. The summed E-state index contributed by atoms with van der Waals surface area (Å²) in [7, 11) is 3.80. The molecule has 0 fully saturated rings. The average molecular weight is 311 g/mol. The van der Waals surface area contributed by atoms with Gasteiger partial charge in [0.2, 0.25) is 5.78 Å². The maximum atomic E-state index is 12.8. The van der Waals surface area contributed by atoms with Crippen LogP contribution in [0.4, 0.5) is 5.69 Å². The van der Waals surface area contributed by atoms with Gasteiger partial charge in [-0.15, -0.1) is 0 Å². The highest BCUT2D eigenvalue weighted by atomic mass is 35.5. The maximum absolute atomic E-state index is 12.8. The van der Waals surface area contributed by atoms with Crippen LogP contribution in [0, 0.1) is 0 Å². The topological polar surface area (TPSA) is 59.0 Å². The van der Waals surface area contributed by atoms with Gasteiger partial charge in [-0.25, -0.2) is 4.98 Å². The first-order valence-electron chi connectivity index (χ1n) is 6.74. The van der Waals surface area contributed by atoms with Crippen molar-refractivity contribution in [1.82, 2.24) is 15.0 Å². The monoisotopic (exact) mass is 310 g/mol. The molecule has 0 saturated carbocycles. The SMILES string of the molecule is CN(C)c1cc(Cl)nc2c1-c1nccc3ccnc(c13)C2=O. The van der Waals surface area contributed by atoms with E-state index in [1.807, 2.05) is 31.1 Å². The van der Waals surface area contributed by atoms with Crippen LogP contribution in [-0.4, -0.2) is 34.8 Å². The van der Waals surface area contributed by atoms with Crippen LogP contribution in [0.15, 0.2) is 30.6 Å². The summed E-state index contributed by atoms with van der Waals surface area (Å²) < 4.78 is 0. The van der Waals surface area contributed by atoms with E-state index in [2.05, 4.69) is 15.0 Å². The van der Waals surface area contributed by atoms with E-state index in [9.17, 15) is 4.79 Å². The Balaban J connectivity index is 2.23. The van der Waals surface area contributed by atoms with Gasteiger partial charge in [0.05, 0.1) is 16.9 Å². The van der Waals surface area contributed by atoms with E-state index >= 15 is 0 Å². The summed E-state index contributed by atoms with van der Waals surface area (Å²) in [6, 6.07) is 5.50. The lowest BCUT2D eigenvalue weighted by atomic mass is 9.91. The number of carbonyl (C=O) groups is 1. The molecule has 6 heteroatoms. The molecule has 5 nitrogen and oxygen atoms in total. The fourth-order valence-corrected chi connectivity index (χ4v) is 3.03. The molecule has 3 aromatic heterocycles. The molecule has 0 unspecified atom stereocenters. The van der Waals surface area contributed by atoms with Crippen LogP contribution in [0.5, 0.6) is 0 Å². The second-order valence-corrected chi connectivity index (χ2v) is 5.72. The third kappa shape index (κ3) is 1.66. The van der Waals surface area contributed by atoms with Gasteiger partial charge in [0.1, 0.15) is 16.5 Å². The summed E-state index contributed by atoms with van der Waals surface area (Å²) in [4.78, 5) is 27.6. The molecule has 0 aromatic carbocycles. The number of halogens is 1. The number of fused-ring (bicyclic) bond motifs is 2. The van der Waals surface area contributed by atoms with Crippen LogP contribution in [-0.2, 0) is 0 Å². The quantitative estimate of drug-likeness (QED) is 0.506. The Labute approximate surface area is 131 Å². The van der Waals surface area contributed by atoms with E-state index < -0.39 is 0 Å². The van der Waals surface area contributed by atoms with Crippen molar-refractivity contribution >= 4 is 33.8 Å². The van der Waals surface area contributed by atoms with Gasteiger partial charge in [-0.3, -0.25) is 14.8 Å². The van der Waals surface area contributed by atoms with Gasteiger partial charge in [0.15, 0.2) is 0 Å². The average Bonchev–Trinajstić information content (AvgIpc) is 2.51. The Morgan fingerprint density at radius 1 is 1.05 bits per heavy atom. The maximum Gasteiger partial charge on any atom is 0.231 e. The normalized spacial score (nSPS) is 12.4. The molecule has 3 aromatic rings. The first-order chi connectivity index (χ1) is 10.6. The third-order valence-electron chi connectivity index (χ3n) is 3.79. The fourth-order valence-electron chi connectivity index (χ4n) is 2.85. The highest BCUT2D eigenvalue weighted by Crippen LogP contribution is 2.41. The minimum absolute atomic E-state index is 0.216. The number of aromatic nitrogens is 3. The highest BCUT2D eigenvalue weighted by molar-refractivity contribution is 6.31. The Kier molecular flexibility index (Phi) is 2.68. The number of hydrogen-bond donors (Lipinski definition) is 0. The first kappa shape index (κ1) is 13.2. The van der Waals surface area contributed by atoms with Crippen molar-refractivity contribution in [2.24, 2.45) is 0 Å². The number of pyridine rings is 3. The first-order valence-corrected chi connectivity index (χ1v) is 7.12. The molecule has 4 rings (SSSR count). The van der Waals surface area contributed by atoms with E-state index in [-0.39, 0.29) is 10.9 Å². The smallest absolute Gasteiger partial charge is 0.231 e. The Hall–Kier alpha value is -2.53. The van der Waals surface area contributed by atoms with Gasteiger partial charge in [-0.05, 0) is 23.6 Å². The Morgan fingerprint density at radius 3 is 2.41 bits per heavy atom. The van der Waals surface area contributed by atoms with Crippen LogP contribution >= 0.6 is 11.6 Å². The van der Waals surface area contributed by atoms with Gasteiger partial charge in [0, 0.05) is 31.9 Å².